The number of halogens is 4. The number of benzene rings is 2. The zero-order chi connectivity index (χ0) is 17.0. The van der Waals surface area contributed by atoms with Crippen molar-refractivity contribution in [1.82, 2.24) is 0 Å². The SMILES string of the molecule is COc1ccc(Sc2c(Cl)cc(N=C=S)cc2C(F)(F)F)cc1. The summed E-state index contributed by atoms with van der Waals surface area (Å²) in [6, 6.07) is 8.85. The molecule has 2 aromatic rings. The third kappa shape index (κ3) is 4.48. The van der Waals surface area contributed by atoms with Crippen LogP contribution in [0.2, 0.25) is 5.02 Å². The van der Waals surface area contributed by atoms with Gasteiger partial charge in [0.15, 0.2) is 0 Å². The molecule has 2 nitrogen and oxygen atoms in total. The Morgan fingerprint density at radius 2 is 1.87 bits per heavy atom. The second kappa shape index (κ2) is 7.36. The van der Waals surface area contributed by atoms with Gasteiger partial charge in [-0.2, -0.15) is 18.2 Å². The number of methoxy groups -OCH3 is 1. The van der Waals surface area contributed by atoms with Gasteiger partial charge < -0.3 is 4.74 Å². The lowest BCUT2D eigenvalue weighted by Crippen LogP contribution is -2.07. The average molecular weight is 376 g/mol. The molecule has 120 valence electrons. The summed E-state index contributed by atoms with van der Waals surface area (Å²) in [6.07, 6.45) is -4.56. The van der Waals surface area contributed by atoms with Crippen LogP contribution in [0.15, 0.2) is 51.2 Å². The van der Waals surface area contributed by atoms with Gasteiger partial charge in [-0.1, -0.05) is 23.4 Å². The van der Waals surface area contributed by atoms with E-state index in [-0.39, 0.29) is 15.6 Å². The van der Waals surface area contributed by atoms with Crippen LogP contribution < -0.4 is 4.74 Å². The van der Waals surface area contributed by atoms with Gasteiger partial charge in [-0.05, 0) is 48.6 Å². The first-order valence-corrected chi connectivity index (χ1v) is 7.76. The second-order valence-corrected chi connectivity index (χ2v) is 5.96. The summed E-state index contributed by atoms with van der Waals surface area (Å²) in [5.41, 5.74) is -0.855. The van der Waals surface area contributed by atoms with Gasteiger partial charge in [-0.3, -0.25) is 0 Å². The highest BCUT2D eigenvalue weighted by Gasteiger charge is 2.35. The molecule has 0 aliphatic heterocycles. The first-order chi connectivity index (χ1) is 10.8. The summed E-state index contributed by atoms with van der Waals surface area (Å²) in [5.74, 6) is 0.613. The highest BCUT2D eigenvalue weighted by molar-refractivity contribution is 7.99. The van der Waals surface area contributed by atoms with Crippen LogP contribution >= 0.6 is 35.6 Å². The minimum atomic E-state index is -4.56. The summed E-state index contributed by atoms with van der Waals surface area (Å²) >= 11 is 11.4. The fraction of sp³-hybridized carbons (Fsp3) is 0.133. The van der Waals surface area contributed by atoms with Crippen LogP contribution in [0.5, 0.6) is 5.75 Å². The van der Waals surface area contributed by atoms with Crippen LogP contribution in [0.25, 0.3) is 0 Å². The van der Waals surface area contributed by atoms with Crippen LogP contribution in [-0.2, 0) is 6.18 Å². The molecule has 0 radical (unpaired) electrons. The zero-order valence-corrected chi connectivity index (χ0v) is 14.0. The summed E-state index contributed by atoms with van der Waals surface area (Å²) in [7, 11) is 1.51. The Balaban J connectivity index is 2.49. The Morgan fingerprint density at radius 3 is 2.39 bits per heavy atom. The monoisotopic (exact) mass is 375 g/mol. The van der Waals surface area contributed by atoms with Gasteiger partial charge in [0.25, 0.3) is 0 Å². The third-order valence-corrected chi connectivity index (χ3v) is 4.44. The molecule has 0 aromatic heterocycles. The molecule has 0 saturated heterocycles. The van der Waals surface area contributed by atoms with Crippen molar-refractivity contribution in [1.29, 1.82) is 0 Å². The molecule has 0 unspecified atom stereocenters. The molecule has 0 saturated carbocycles. The molecule has 0 aliphatic rings. The first kappa shape index (κ1) is 17.8. The van der Waals surface area contributed by atoms with Gasteiger partial charge in [-0.15, -0.1) is 0 Å². The van der Waals surface area contributed by atoms with Crippen LogP contribution in [-0.4, -0.2) is 12.3 Å². The number of alkyl halides is 3. The van der Waals surface area contributed by atoms with Gasteiger partial charge in [-0.25, -0.2) is 0 Å². The van der Waals surface area contributed by atoms with E-state index in [4.69, 9.17) is 16.3 Å². The molecule has 0 atom stereocenters. The van der Waals surface area contributed by atoms with Crippen molar-refractivity contribution in [2.75, 3.05) is 7.11 Å². The van der Waals surface area contributed by atoms with Crippen molar-refractivity contribution in [3.63, 3.8) is 0 Å². The molecular formula is C15H9ClF3NOS2. The minimum Gasteiger partial charge on any atom is -0.497 e. The van der Waals surface area contributed by atoms with Gasteiger partial charge in [0.2, 0.25) is 0 Å². The smallest absolute Gasteiger partial charge is 0.417 e. The van der Waals surface area contributed by atoms with Gasteiger partial charge in [0.1, 0.15) is 5.75 Å². The molecule has 0 N–H and O–H groups in total. The normalized spacial score (nSPS) is 11.0. The van der Waals surface area contributed by atoms with Crippen LogP contribution in [0.4, 0.5) is 18.9 Å². The number of thiocarbonyl (C=S) groups is 1. The van der Waals surface area contributed by atoms with Crippen LogP contribution in [0.1, 0.15) is 5.56 Å². The molecule has 23 heavy (non-hydrogen) atoms. The molecule has 0 heterocycles. The summed E-state index contributed by atoms with van der Waals surface area (Å²) < 4.78 is 44.9. The third-order valence-electron chi connectivity index (χ3n) is 2.79. The second-order valence-electron chi connectivity index (χ2n) is 4.28. The topological polar surface area (TPSA) is 21.6 Å². The van der Waals surface area contributed by atoms with Crippen LogP contribution in [0, 0.1) is 0 Å². The lowest BCUT2D eigenvalue weighted by atomic mass is 10.2. The molecule has 2 rings (SSSR count). The molecule has 0 fully saturated rings. The Bertz CT molecular complexity index is 757. The van der Waals surface area contributed by atoms with Crippen molar-refractivity contribution in [3.8, 4) is 5.75 Å². The van der Waals surface area contributed by atoms with E-state index in [1.165, 1.54) is 13.2 Å². The molecular weight excluding hydrogens is 367 g/mol. The average Bonchev–Trinajstić information content (AvgIpc) is 2.49. The zero-order valence-electron chi connectivity index (χ0n) is 11.6. The van der Waals surface area contributed by atoms with Gasteiger partial charge >= 0.3 is 6.18 Å². The van der Waals surface area contributed by atoms with Gasteiger partial charge in [0.05, 0.1) is 28.5 Å². The van der Waals surface area contributed by atoms with Crippen molar-refractivity contribution >= 4 is 46.4 Å². The number of ether oxygens (including phenoxy) is 1. The number of hydrogen-bond donors (Lipinski definition) is 0. The lowest BCUT2D eigenvalue weighted by Gasteiger charge is -2.15. The number of rotatable bonds is 4. The van der Waals surface area contributed by atoms with Crippen molar-refractivity contribution in [2.24, 2.45) is 4.99 Å². The summed E-state index contributed by atoms with van der Waals surface area (Å²) in [5, 5.41) is 1.98. The highest BCUT2D eigenvalue weighted by Crippen LogP contribution is 2.45. The van der Waals surface area contributed by atoms with Crippen molar-refractivity contribution in [3.05, 3.63) is 47.0 Å². The van der Waals surface area contributed by atoms with Crippen molar-refractivity contribution < 1.29 is 17.9 Å². The molecule has 2 aromatic carbocycles. The maximum Gasteiger partial charge on any atom is 0.417 e. The van der Waals surface area contributed by atoms with Crippen molar-refractivity contribution in [2.45, 2.75) is 16.0 Å². The van der Waals surface area contributed by atoms with E-state index >= 15 is 0 Å². The predicted molar refractivity (Wildman–Crippen MR) is 88.3 cm³/mol. The molecule has 0 amide bonds. The lowest BCUT2D eigenvalue weighted by molar-refractivity contribution is -0.139. The minimum absolute atomic E-state index is 0.0106. The van der Waals surface area contributed by atoms with E-state index in [0.29, 0.717) is 10.6 Å². The van der Waals surface area contributed by atoms with E-state index in [1.54, 1.807) is 24.3 Å². The standard InChI is InChI=1S/C15H9ClF3NOS2/c1-21-10-2-4-11(5-3-10)23-14-12(15(17,18)19)6-9(20-8-22)7-13(14)16/h2-7H,1H3. The first-order valence-electron chi connectivity index (χ1n) is 6.15. The number of isothiocyanates is 1. The quantitative estimate of drug-likeness (QED) is 0.465. The van der Waals surface area contributed by atoms with Gasteiger partial charge in [0, 0.05) is 9.79 Å². The predicted octanol–water partition coefficient (Wildman–Crippen LogP) is 6.25. The van der Waals surface area contributed by atoms with Crippen LogP contribution in [0.3, 0.4) is 0 Å². The number of hydrogen-bond acceptors (Lipinski definition) is 4. The Labute approximate surface area is 145 Å². The maximum absolute atomic E-state index is 13.3. The number of aliphatic imine (C=N–C) groups is 1. The summed E-state index contributed by atoms with van der Waals surface area (Å²) in [4.78, 5) is 4.08. The van der Waals surface area contributed by atoms with E-state index in [9.17, 15) is 13.2 Å². The number of nitrogens with zero attached hydrogens (tertiary/aromatic N) is 1. The van der Waals surface area contributed by atoms with E-state index in [1.807, 2.05) is 5.16 Å². The fourth-order valence-electron chi connectivity index (χ4n) is 1.77. The van der Waals surface area contributed by atoms with E-state index in [0.717, 1.165) is 17.8 Å². The molecule has 0 spiro atoms. The Morgan fingerprint density at radius 1 is 1.22 bits per heavy atom. The Kier molecular flexibility index (Phi) is 5.70. The molecule has 0 bridgehead atoms. The fourth-order valence-corrected chi connectivity index (χ4v) is 3.16. The van der Waals surface area contributed by atoms with E-state index < -0.39 is 11.7 Å². The molecule has 0 aliphatic carbocycles. The summed E-state index contributed by atoms with van der Waals surface area (Å²) in [6.45, 7) is 0. The molecule has 8 heteroatoms. The Hall–Kier alpha value is -1.53. The highest BCUT2D eigenvalue weighted by atomic mass is 35.5. The van der Waals surface area contributed by atoms with E-state index in [2.05, 4.69) is 17.2 Å². The maximum atomic E-state index is 13.3. The largest absolute Gasteiger partial charge is 0.497 e.